The first-order chi connectivity index (χ1) is 11.0. The summed E-state index contributed by atoms with van der Waals surface area (Å²) in [4.78, 5) is 14.3. The Bertz CT molecular complexity index is 717. The molecule has 1 aliphatic heterocycles. The van der Waals surface area contributed by atoms with Crippen molar-refractivity contribution in [3.05, 3.63) is 45.9 Å². The Morgan fingerprint density at radius 2 is 2.22 bits per heavy atom. The van der Waals surface area contributed by atoms with Gasteiger partial charge in [0, 0.05) is 49.8 Å². The van der Waals surface area contributed by atoms with Crippen LogP contribution in [0.3, 0.4) is 0 Å². The molecule has 8 heteroatoms. The van der Waals surface area contributed by atoms with Crippen molar-refractivity contribution in [1.29, 1.82) is 0 Å². The number of nitrogens with zero attached hydrogens (tertiary/aromatic N) is 2. The molecule has 2 heterocycles. The third kappa shape index (κ3) is 3.70. The van der Waals surface area contributed by atoms with Gasteiger partial charge in [0.15, 0.2) is 0 Å². The Balaban J connectivity index is 1.81. The summed E-state index contributed by atoms with van der Waals surface area (Å²) in [6, 6.07) is 5.56. The summed E-state index contributed by atoms with van der Waals surface area (Å²) in [5.41, 5.74) is 0.713. The van der Waals surface area contributed by atoms with E-state index in [2.05, 4.69) is 31.4 Å². The quantitative estimate of drug-likeness (QED) is 0.737. The molecular formula is C15H16BrFN4O2. The second-order valence-electron chi connectivity index (χ2n) is 5.59. The van der Waals surface area contributed by atoms with Crippen LogP contribution in [0, 0.1) is 11.7 Å². The van der Waals surface area contributed by atoms with E-state index in [-0.39, 0.29) is 18.2 Å². The highest BCUT2D eigenvalue weighted by atomic mass is 79.9. The first-order valence-corrected chi connectivity index (χ1v) is 8.00. The molecule has 23 heavy (non-hydrogen) atoms. The number of aromatic nitrogens is 2. The van der Waals surface area contributed by atoms with Crippen molar-refractivity contribution < 1.29 is 14.3 Å². The zero-order chi connectivity index (χ0) is 16.4. The highest BCUT2D eigenvalue weighted by Gasteiger charge is 2.26. The van der Waals surface area contributed by atoms with Crippen molar-refractivity contribution in [3.63, 3.8) is 0 Å². The van der Waals surface area contributed by atoms with Crippen LogP contribution in [0.15, 0.2) is 28.9 Å². The minimum Gasteiger partial charge on any atom is -0.508 e. The van der Waals surface area contributed by atoms with Gasteiger partial charge >= 0.3 is 0 Å². The lowest BCUT2D eigenvalue weighted by molar-refractivity contribution is 0.0685. The van der Waals surface area contributed by atoms with Gasteiger partial charge in [0.2, 0.25) is 0 Å². The Labute approximate surface area is 140 Å². The fourth-order valence-electron chi connectivity index (χ4n) is 2.46. The molecule has 1 aliphatic rings. The molecule has 1 aromatic carbocycles. The van der Waals surface area contributed by atoms with Crippen molar-refractivity contribution in [3.8, 4) is 5.75 Å². The molecule has 0 bridgehead atoms. The highest BCUT2D eigenvalue weighted by molar-refractivity contribution is 9.10. The number of rotatable bonds is 5. The van der Waals surface area contributed by atoms with E-state index in [1.165, 1.54) is 12.1 Å². The molecule has 3 rings (SSSR count). The second kappa shape index (κ2) is 6.67. The molecule has 1 amide bonds. The number of phenols is 1. The summed E-state index contributed by atoms with van der Waals surface area (Å²) < 4.78 is 14.5. The van der Waals surface area contributed by atoms with Crippen LogP contribution in [0.4, 0.5) is 4.39 Å². The number of amides is 1. The molecule has 0 aliphatic carbocycles. The molecule has 1 fully saturated rings. The number of benzene rings is 1. The molecule has 2 aromatic rings. The van der Waals surface area contributed by atoms with Gasteiger partial charge in [-0.25, -0.2) is 4.39 Å². The van der Waals surface area contributed by atoms with Crippen LogP contribution in [0.2, 0.25) is 0 Å². The maximum absolute atomic E-state index is 14.0. The highest BCUT2D eigenvalue weighted by Crippen LogP contribution is 2.20. The van der Waals surface area contributed by atoms with Gasteiger partial charge in [-0.1, -0.05) is 6.07 Å². The number of hydrogen-bond acceptors (Lipinski definition) is 4. The van der Waals surface area contributed by atoms with E-state index < -0.39 is 5.82 Å². The molecule has 6 nitrogen and oxygen atoms in total. The largest absolute Gasteiger partial charge is 0.508 e. The summed E-state index contributed by atoms with van der Waals surface area (Å²) in [6.07, 6.45) is 0. The molecule has 1 saturated heterocycles. The first-order valence-electron chi connectivity index (χ1n) is 7.21. The molecule has 3 N–H and O–H groups in total. The van der Waals surface area contributed by atoms with Crippen LogP contribution in [-0.4, -0.2) is 45.7 Å². The lowest BCUT2D eigenvalue weighted by Crippen LogP contribution is -2.49. The third-order valence-corrected chi connectivity index (χ3v) is 4.21. The maximum Gasteiger partial charge on any atom is 0.272 e. The SMILES string of the molecule is O=C(c1cc(Br)n[nH]1)N(Cc1ccc(O)cc1F)CC1CNC1. The Morgan fingerprint density at radius 3 is 2.78 bits per heavy atom. The van der Waals surface area contributed by atoms with Crippen molar-refractivity contribution in [2.24, 2.45) is 5.92 Å². The van der Waals surface area contributed by atoms with Crippen LogP contribution < -0.4 is 5.32 Å². The summed E-state index contributed by atoms with van der Waals surface area (Å²) in [5.74, 6) is -0.543. The van der Waals surface area contributed by atoms with E-state index in [0.29, 0.717) is 28.3 Å². The van der Waals surface area contributed by atoms with Crippen LogP contribution in [0.1, 0.15) is 16.1 Å². The van der Waals surface area contributed by atoms with E-state index in [0.717, 1.165) is 19.2 Å². The summed E-state index contributed by atoms with van der Waals surface area (Å²) in [6.45, 7) is 2.35. The van der Waals surface area contributed by atoms with Crippen molar-refractivity contribution in [2.75, 3.05) is 19.6 Å². The topological polar surface area (TPSA) is 81.2 Å². The number of carbonyl (C=O) groups is 1. The fourth-order valence-corrected chi connectivity index (χ4v) is 2.77. The van der Waals surface area contributed by atoms with Crippen LogP contribution in [0.25, 0.3) is 0 Å². The van der Waals surface area contributed by atoms with Crippen LogP contribution in [0.5, 0.6) is 5.75 Å². The summed E-state index contributed by atoms with van der Waals surface area (Å²) in [5, 5.41) is 19.0. The van der Waals surface area contributed by atoms with Gasteiger partial charge in [0.1, 0.15) is 21.9 Å². The monoisotopic (exact) mass is 382 g/mol. The zero-order valence-electron chi connectivity index (χ0n) is 12.2. The third-order valence-electron chi connectivity index (χ3n) is 3.81. The minimum atomic E-state index is -0.527. The van der Waals surface area contributed by atoms with Crippen LogP contribution in [-0.2, 0) is 6.54 Å². The maximum atomic E-state index is 14.0. The van der Waals surface area contributed by atoms with E-state index in [1.54, 1.807) is 11.0 Å². The number of phenolic OH excluding ortho intramolecular Hbond substituents is 1. The molecule has 0 unspecified atom stereocenters. The van der Waals surface area contributed by atoms with Gasteiger partial charge in [-0.2, -0.15) is 5.10 Å². The predicted molar refractivity (Wildman–Crippen MR) is 85.5 cm³/mol. The van der Waals surface area contributed by atoms with E-state index >= 15 is 0 Å². The number of carbonyl (C=O) groups excluding carboxylic acids is 1. The second-order valence-corrected chi connectivity index (χ2v) is 6.40. The van der Waals surface area contributed by atoms with Crippen molar-refractivity contribution in [2.45, 2.75) is 6.54 Å². The lowest BCUT2D eigenvalue weighted by Gasteiger charge is -2.33. The normalized spacial score (nSPS) is 14.5. The van der Waals surface area contributed by atoms with Gasteiger partial charge in [0.25, 0.3) is 5.91 Å². The average Bonchev–Trinajstić information content (AvgIpc) is 2.89. The van der Waals surface area contributed by atoms with E-state index in [9.17, 15) is 14.3 Å². The molecule has 0 atom stereocenters. The number of nitrogens with one attached hydrogen (secondary N) is 2. The smallest absolute Gasteiger partial charge is 0.272 e. The number of aromatic amines is 1. The Kier molecular flexibility index (Phi) is 4.63. The van der Waals surface area contributed by atoms with E-state index in [4.69, 9.17) is 0 Å². The fraction of sp³-hybridized carbons (Fsp3) is 0.333. The van der Waals surface area contributed by atoms with Gasteiger partial charge in [0.05, 0.1) is 0 Å². The molecular weight excluding hydrogens is 367 g/mol. The number of hydrogen-bond donors (Lipinski definition) is 3. The molecule has 0 spiro atoms. The molecule has 0 radical (unpaired) electrons. The average molecular weight is 383 g/mol. The van der Waals surface area contributed by atoms with E-state index in [1.807, 2.05) is 0 Å². The molecule has 0 saturated carbocycles. The molecule has 122 valence electrons. The number of halogens is 2. The van der Waals surface area contributed by atoms with Gasteiger partial charge in [-0.05, 0) is 22.0 Å². The van der Waals surface area contributed by atoms with Crippen LogP contribution >= 0.6 is 15.9 Å². The summed E-state index contributed by atoms with van der Waals surface area (Å²) >= 11 is 3.20. The predicted octanol–water partition coefficient (Wildman–Crippen LogP) is 1.88. The minimum absolute atomic E-state index is 0.134. The van der Waals surface area contributed by atoms with Crippen molar-refractivity contribution >= 4 is 21.8 Å². The number of H-pyrrole nitrogens is 1. The van der Waals surface area contributed by atoms with Gasteiger partial charge in [-0.3, -0.25) is 9.89 Å². The Hall–Kier alpha value is -1.93. The lowest BCUT2D eigenvalue weighted by atomic mass is 10.0. The Morgan fingerprint density at radius 1 is 1.43 bits per heavy atom. The molecule has 1 aromatic heterocycles. The summed E-state index contributed by atoms with van der Waals surface area (Å²) in [7, 11) is 0. The zero-order valence-corrected chi connectivity index (χ0v) is 13.8. The first kappa shape index (κ1) is 15.9. The standard InChI is InChI=1S/C15H16BrFN4O2/c16-14-4-13(19-20-14)15(23)21(7-9-5-18-6-9)8-10-1-2-11(22)3-12(10)17/h1-4,9,18,22H,5-8H2,(H,19,20). The van der Waals surface area contributed by atoms with Gasteiger partial charge < -0.3 is 15.3 Å². The number of aromatic hydroxyl groups is 1. The van der Waals surface area contributed by atoms with Gasteiger partial charge in [-0.15, -0.1) is 0 Å². The van der Waals surface area contributed by atoms with Crippen molar-refractivity contribution in [1.82, 2.24) is 20.4 Å².